The third-order valence-electron chi connectivity index (χ3n) is 2.88. The first-order valence-corrected chi connectivity index (χ1v) is 5.22. The Morgan fingerprint density at radius 2 is 1.94 bits per heavy atom. The number of hydrogen-bond donors (Lipinski definition) is 2. The molecule has 0 aliphatic carbocycles. The summed E-state index contributed by atoms with van der Waals surface area (Å²) in [6.07, 6.45) is 0. The number of carboxylic acids is 1. The average molecular weight is 219 g/mol. The molecule has 1 fully saturated rings. The smallest absolute Gasteiger partial charge is 0.315 e. The van der Waals surface area contributed by atoms with Gasteiger partial charge in [-0.25, -0.2) is 0 Å². The van der Waals surface area contributed by atoms with Gasteiger partial charge in [-0.15, -0.1) is 0 Å². The number of carboxylic acid groups (broad SMARTS) is 1. The van der Waals surface area contributed by atoms with Gasteiger partial charge in [0.2, 0.25) is 0 Å². The Labute approximate surface area is 93.3 Å². The Morgan fingerprint density at radius 3 is 2.56 bits per heavy atom. The van der Waals surface area contributed by atoms with Crippen LogP contribution in [0.1, 0.15) is 11.5 Å². The molecule has 1 aromatic carbocycles. The molecule has 4 nitrogen and oxygen atoms in total. The zero-order valence-corrected chi connectivity index (χ0v) is 8.72. The fourth-order valence-corrected chi connectivity index (χ4v) is 1.99. The summed E-state index contributed by atoms with van der Waals surface area (Å²) >= 11 is 0. The van der Waals surface area contributed by atoms with Gasteiger partial charge in [-0.05, 0) is 5.56 Å². The number of carbonyl (C=O) groups is 2. The molecule has 0 bridgehead atoms. The summed E-state index contributed by atoms with van der Waals surface area (Å²) in [4.78, 5) is 22.8. The predicted molar refractivity (Wildman–Crippen MR) is 58.2 cm³/mol. The minimum Gasteiger partial charge on any atom is -0.481 e. The van der Waals surface area contributed by atoms with Gasteiger partial charge in [0.15, 0.2) is 5.78 Å². The molecule has 0 spiro atoms. The summed E-state index contributed by atoms with van der Waals surface area (Å²) in [7, 11) is 0. The molecule has 1 heterocycles. The van der Waals surface area contributed by atoms with Crippen molar-refractivity contribution in [3.05, 3.63) is 35.9 Å². The number of piperidine rings is 1. The van der Waals surface area contributed by atoms with E-state index < -0.39 is 11.9 Å². The highest BCUT2D eigenvalue weighted by atomic mass is 16.4. The van der Waals surface area contributed by atoms with Gasteiger partial charge in [0, 0.05) is 13.1 Å². The maximum absolute atomic E-state index is 11.9. The van der Waals surface area contributed by atoms with Crippen molar-refractivity contribution < 1.29 is 14.7 Å². The summed E-state index contributed by atoms with van der Waals surface area (Å²) in [6, 6.07) is 9.29. The van der Waals surface area contributed by atoms with Crippen LogP contribution in [0, 0.1) is 5.92 Å². The van der Waals surface area contributed by atoms with Gasteiger partial charge in [0.25, 0.3) is 0 Å². The van der Waals surface area contributed by atoms with Crippen molar-refractivity contribution in [3.8, 4) is 0 Å². The third-order valence-corrected chi connectivity index (χ3v) is 2.88. The fourth-order valence-electron chi connectivity index (χ4n) is 1.99. The Kier molecular flexibility index (Phi) is 3.01. The molecule has 2 unspecified atom stereocenters. The van der Waals surface area contributed by atoms with E-state index >= 15 is 0 Å². The fraction of sp³-hybridized carbons (Fsp3) is 0.333. The van der Waals surface area contributed by atoms with E-state index in [9.17, 15) is 9.59 Å². The molecule has 1 aliphatic heterocycles. The molecular weight excluding hydrogens is 206 g/mol. The van der Waals surface area contributed by atoms with Crippen LogP contribution in [0.5, 0.6) is 0 Å². The first-order valence-electron chi connectivity index (χ1n) is 5.22. The SMILES string of the molecule is O=C(O)C1CNCC(c2ccccc2)C1=O. The number of carbonyl (C=O) groups excluding carboxylic acids is 1. The Hall–Kier alpha value is -1.68. The second kappa shape index (κ2) is 4.45. The molecule has 2 N–H and O–H groups in total. The van der Waals surface area contributed by atoms with E-state index in [2.05, 4.69) is 5.32 Å². The number of hydrogen-bond acceptors (Lipinski definition) is 3. The molecular formula is C12H13NO3. The van der Waals surface area contributed by atoms with E-state index in [4.69, 9.17) is 5.11 Å². The van der Waals surface area contributed by atoms with Crippen LogP contribution < -0.4 is 5.32 Å². The summed E-state index contributed by atoms with van der Waals surface area (Å²) in [6.45, 7) is 0.754. The molecule has 0 aromatic heterocycles. The second-order valence-electron chi connectivity index (χ2n) is 3.91. The number of benzene rings is 1. The van der Waals surface area contributed by atoms with Gasteiger partial charge in [-0.1, -0.05) is 30.3 Å². The molecule has 0 amide bonds. The Balaban J connectivity index is 2.23. The van der Waals surface area contributed by atoms with Crippen LogP contribution in [0.15, 0.2) is 30.3 Å². The standard InChI is InChI=1S/C12H13NO3/c14-11-9(8-4-2-1-3-5-8)6-13-7-10(11)12(15)16/h1-5,9-10,13H,6-7H2,(H,15,16). The highest BCUT2D eigenvalue weighted by Crippen LogP contribution is 2.23. The van der Waals surface area contributed by atoms with E-state index in [1.54, 1.807) is 0 Å². The summed E-state index contributed by atoms with van der Waals surface area (Å²) in [5, 5.41) is 11.9. The number of nitrogens with one attached hydrogen (secondary N) is 1. The monoisotopic (exact) mass is 219 g/mol. The first kappa shape index (κ1) is 10.8. The Morgan fingerprint density at radius 1 is 1.25 bits per heavy atom. The predicted octanol–water partition coefficient (Wildman–Crippen LogP) is 0.643. The maximum Gasteiger partial charge on any atom is 0.315 e. The van der Waals surface area contributed by atoms with E-state index in [1.807, 2.05) is 30.3 Å². The van der Waals surface area contributed by atoms with Crippen LogP contribution in [-0.2, 0) is 9.59 Å². The molecule has 4 heteroatoms. The van der Waals surface area contributed by atoms with Gasteiger partial charge in [-0.2, -0.15) is 0 Å². The van der Waals surface area contributed by atoms with Crippen molar-refractivity contribution in [2.75, 3.05) is 13.1 Å². The van der Waals surface area contributed by atoms with Crippen molar-refractivity contribution in [1.29, 1.82) is 0 Å². The zero-order chi connectivity index (χ0) is 11.5. The minimum atomic E-state index is -1.04. The van der Waals surface area contributed by atoms with Crippen LogP contribution in [0.2, 0.25) is 0 Å². The number of Topliss-reactive ketones (excluding diaryl/α,β-unsaturated/α-hetero) is 1. The van der Waals surface area contributed by atoms with Crippen LogP contribution in [-0.4, -0.2) is 29.9 Å². The van der Waals surface area contributed by atoms with Crippen LogP contribution >= 0.6 is 0 Å². The van der Waals surface area contributed by atoms with Gasteiger partial charge >= 0.3 is 5.97 Å². The normalized spacial score (nSPS) is 25.4. The third kappa shape index (κ3) is 1.97. The Bertz CT molecular complexity index is 402. The maximum atomic E-state index is 11.9. The van der Waals surface area contributed by atoms with E-state index in [-0.39, 0.29) is 18.2 Å². The van der Waals surface area contributed by atoms with Gasteiger partial charge in [0.1, 0.15) is 5.92 Å². The number of rotatable bonds is 2. The lowest BCUT2D eigenvalue weighted by molar-refractivity contribution is -0.147. The van der Waals surface area contributed by atoms with Crippen molar-refractivity contribution in [2.24, 2.45) is 5.92 Å². The highest BCUT2D eigenvalue weighted by molar-refractivity contribution is 6.02. The lowest BCUT2D eigenvalue weighted by Crippen LogP contribution is -2.46. The van der Waals surface area contributed by atoms with Gasteiger partial charge in [-0.3, -0.25) is 9.59 Å². The summed E-state index contributed by atoms with van der Waals surface area (Å²) in [5.74, 6) is -2.49. The first-order chi connectivity index (χ1) is 7.70. The molecule has 1 saturated heterocycles. The van der Waals surface area contributed by atoms with Gasteiger partial charge < -0.3 is 10.4 Å². The van der Waals surface area contributed by atoms with E-state index in [1.165, 1.54) is 0 Å². The van der Waals surface area contributed by atoms with Crippen LogP contribution in [0.3, 0.4) is 0 Å². The highest BCUT2D eigenvalue weighted by Gasteiger charge is 2.36. The molecule has 0 saturated carbocycles. The molecule has 1 aromatic rings. The molecule has 84 valence electrons. The van der Waals surface area contributed by atoms with Crippen LogP contribution in [0.25, 0.3) is 0 Å². The van der Waals surface area contributed by atoms with E-state index in [0.717, 1.165) is 5.56 Å². The molecule has 1 aliphatic rings. The lowest BCUT2D eigenvalue weighted by Gasteiger charge is -2.26. The molecule has 0 radical (unpaired) electrons. The largest absolute Gasteiger partial charge is 0.481 e. The molecule has 2 rings (SSSR count). The van der Waals surface area contributed by atoms with Gasteiger partial charge in [0.05, 0.1) is 5.92 Å². The van der Waals surface area contributed by atoms with Crippen molar-refractivity contribution in [2.45, 2.75) is 5.92 Å². The number of aliphatic carboxylic acids is 1. The second-order valence-corrected chi connectivity index (χ2v) is 3.91. The zero-order valence-electron chi connectivity index (χ0n) is 8.72. The minimum absolute atomic E-state index is 0.197. The molecule has 2 atom stereocenters. The van der Waals surface area contributed by atoms with Crippen molar-refractivity contribution in [1.82, 2.24) is 5.32 Å². The molecule has 16 heavy (non-hydrogen) atoms. The van der Waals surface area contributed by atoms with Crippen LogP contribution in [0.4, 0.5) is 0 Å². The summed E-state index contributed by atoms with van der Waals surface area (Å²) < 4.78 is 0. The number of ketones is 1. The van der Waals surface area contributed by atoms with Crippen molar-refractivity contribution in [3.63, 3.8) is 0 Å². The lowest BCUT2D eigenvalue weighted by atomic mass is 9.84. The van der Waals surface area contributed by atoms with E-state index in [0.29, 0.717) is 6.54 Å². The van der Waals surface area contributed by atoms with Crippen molar-refractivity contribution >= 4 is 11.8 Å². The summed E-state index contributed by atoms with van der Waals surface area (Å²) in [5.41, 5.74) is 0.881. The average Bonchev–Trinajstić information content (AvgIpc) is 2.30. The quantitative estimate of drug-likeness (QED) is 0.716. The topological polar surface area (TPSA) is 66.4 Å².